The number of nitrogens with one attached hydrogen (secondary N) is 1. The summed E-state index contributed by atoms with van der Waals surface area (Å²) in [6.07, 6.45) is 6.30. The van der Waals surface area contributed by atoms with Crippen molar-refractivity contribution in [2.45, 2.75) is 50.6 Å². The standard InChI is InChI=1S/C11H20F3NS/c1-9(10-5-3-2-4-6-10)15-7-8-16-11(12,13)14/h9-10,15H,2-8H2,1H3/t9-/m1/s1. The minimum absolute atomic E-state index is 0.0597. The molecule has 1 aliphatic rings. The highest BCUT2D eigenvalue weighted by Crippen LogP contribution is 2.30. The van der Waals surface area contributed by atoms with Crippen LogP contribution in [0.25, 0.3) is 0 Å². The molecule has 0 radical (unpaired) electrons. The highest BCUT2D eigenvalue weighted by molar-refractivity contribution is 8.00. The highest BCUT2D eigenvalue weighted by Gasteiger charge is 2.27. The van der Waals surface area contributed by atoms with Crippen molar-refractivity contribution in [3.63, 3.8) is 0 Å². The van der Waals surface area contributed by atoms with E-state index in [-0.39, 0.29) is 17.5 Å². The van der Waals surface area contributed by atoms with Gasteiger partial charge in [-0.25, -0.2) is 0 Å². The molecule has 1 rings (SSSR count). The molecule has 0 bridgehead atoms. The van der Waals surface area contributed by atoms with Crippen LogP contribution in [0, 0.1) is 5.92 Å². The Labute approximate surface area is 99.6 Å². The number of hydrogen-bond acceptors (Lipinski definition) is 2. The molecule has 0 aliphatic heterocycles. The van der Waals surface area contributed by atoms with E-state index in [9.17, 15) is 13.2 Å². The molecule has 1 aliphatic carbocycles. The van der Waals surface area contributed by atoms with Gasteiger partial charge in [-0.1, -0.05) is 19.3 Å². The van der Waals surface area contributed by atoms with Gasteiger partial charge in [-0.05, 0) is 37.4 Å². The van der Waals surface area contributed by atoms with Crippen LogP contribution in [-0.2, 0) is 0 Å². The first-order chi connectivity index (χ1) is 7.49. The molecule has 1 saturated carbocycles. The molecule has 16 heavy (non-hydrogen) atoms. The van der Waals surface area contributed by atoms with E-state index in [1.54, 1.807) is 0 Å². The van der Waals surface area contributed by atoms with Crippen molar-refractivity contribution in [1.29, 1.82) is 0 Å². The molecule has 0 spiro atoms. The molecule has 1 N–H and O–H groups in total. The van der Waals surface area contributed by atoms with Crippen LogP contribution >= 0.6 is 11.8 Å². The Kier molecular flexibility index (Phi) is 5.97. The Morgan fingerprint density at radius 2 is 1.88 bits per heavy atom. The van der Waals surface area contributed by atoms with Gasteiger partial charge >= 0.3 is 5.51 Å². The van der Waals surface area contributed by atoms with Gasteiger partial charge in [0.05, 0.1) is 0 Å². The average Bonchev–Trinajstić information content (AvgIpc) is 2.24. The summed E-state index contributed by atoms with van der Waals surface area (Å²) in [5.74, 6) is 0.769. The Bertz CT molecular complexity index is 190. The second-order valence-electron chi connectivity index (χ2n) is 4.44. The molecule has 1 nitrogen and oxygen atoms in total. The van der Waals surface area contributed by atoms with Crippen molar-refractivity contribution >= 4 is 11.8 Å². The molecule has 1 fully saturated rings. The monoisotopic (exact) mass is 255 g/mol. The van der Waals surface area contributed by atoms with Crippen molar-refractivity contribution in [2.24, 2.45) is 5.92 Å². The van der Waals surface area contributed by atoms with E-state index >= 15 is 0 Å². The largest absolute Gasteiger partial charge is 0.441 e. The van der Waals surface area contributed by atoms with Crippen molar-refractivity contribution in [3.8, 4) is 0 Å². The third-order valence-electron chi connectivity index (χ3n) is 3.19. The normalized spacial score (nSPS) is 21.0. The molecular weight excluding hydrogens is 235 g/mol. The molecule has 96 valence electrons. The first kappa shape index (κ1) is 14.2. The Morgan fingerprint density at radius 1 is 1.25 bits per heavy atom. The molecule has 0 heterocycles. The van der Waals surface area contributed by atoms with E-state index in [0.717, 1.165) is 0 Å². The van der Waals surface area contributed by atoms with E-state index in [2.05, 4.69) is 12.2 Å². The van der Waals surface area contributed by atoms with Gasteiger partial charge in [0.25, 0.3) is 0 Å². The van der Waals surface area contributed by atoms with E-state index in [1.165, 1.54) is 32.1 Å². The lowest BCUT2D eigenvalue weighted by Crippen LogP contribution is -2.36. The van der Waals surface area contributed by atoms with Crippen LogP contribution in [0.1, 0.15) is 39.0 Å². The topological polar surface area (TPSA) is 12.0 Å². The van der Waals surface area contributed by atoms with Gasteiger partial charge < -0.3 is 5.32 Å². The fourth-order valence-electron chi connectivity index (χ4n) is 2.25. The highest BCUT2D eigenvalue weighted by atomic mass is 32.2. The fourth-order valence-corrected chi connectivity index (χ4v) is 2.71. The first-order valence-corrected chi connectivity index (χ1v) is 6.91. The zero-order valence-corrected chi connectivity index (χ0v) is 10.5. The summed E-state index contributed by atoms with van der Waals surface area (Å²) in [5, 5.41) is 3.20. The number of rotatable bonds is 5. The second-order valence-corrected chi connectivity index (χ2v) is 5.59. The van der Waals surface area contributed by atoms with E-state index in [4.69, 9.17) is 0 Å². The third kappa shape index (κ3) is 5.99. The van der Waals surface area contributed by atoms with Crippen LogP contribution in [-0.4, -0.2) is 23.8 Å². The van der Waals surface area contributed by atoms with Crippen LogP contribution in [0.15, 0.2) is 0 Å². The quantitative estimate of drug-likeness (QED) is 0.750. The van der Waals surface area contributed by atoms with Crippen molar-refractivity contribution in [1.82, 2.24) is 5.32 Å². The zero-order valence-electron chi connectivity index (χ0n) is 9.65. The van der Waals surface area contributed by atoms with Gasteiger partial charge in [0.15, 0.2) is 0 Å². The van der Waals surface area contributed by atoms with Gasteiger partial charge in [0.1, 0.15) is 0 Å². The predicted octanol–water partition coefficient (Wildman–Crippen LogP) is 3.80. The van der Waals surface area contributed by atoms with Crippen LogP contribution in [0.3, 0.4) is 0 Å². The summed E-state index contributed by atoms with van der Waals surface area (Å²) < 4.78 is 35.6. The van der Waals surface area contributed by atoms with E-state index < -0.39 is 5.51 Å². The Balaban J connectivity index is 2.07. The van der Waals surface area contributed by atoms with Gasteiger partial charge in [-0.15, -0.1) is 0 Å². The first-order valence-electron chi connectivity index (χ1n) is 5.93. The summed E-state index contributed by atoms with van der Waals surface area (Å²) in [6, 6.07) is 0.356. The SMILES string of the molecule is C[C@@H](NCCSC(F)(F)F)C1CCCCC1. The number of hydrogen-bond donors (Lipinski definition) is 1. The summed E-state index contributed by atoms with van der Waals surface area (Å²) in [4.78, 5) is 0. The number of thioether (sulfide) groups is 1. The molecule has 5 heteroatoms. The maximum Gasteiger partial charge on any atom is 0.441 e. The molecule has 0 aromatic rings. The van der Waals surface area contributed by atoms with Crippen LogP contribution in [0.4, 0.5) is 13.2 Å². The second kappa shape index (κ2) is 6.74. The molecule has 1 atom stereocenters. The van der Waals surface area contributed by atoms with Crippen LogP contribution in [0.5, 0.6) is 0 Å². The maximum atomic E-state index is 11.9. The molecule has 0 amide bonds. The lowest BCUT2D eigenvalue weighted by atomic mass is 9.84. The van der Waals surface area contributed by atoms with Gasteiger partial charge in [0.2, 0.25) is 0 Å². The molecule has 0 unspecified atom stereocenters. The number of halogens is 3. The minimum Gasteiger partial charge on any atom is -0.313 e. The van der Waals surface area contributed by atoms with Gasteiger partial charge in [-0.3, -0.25) is 0 Å². The number of alkyl halides is 3. The lowest BCUT2D eigenvalue weighted by Gasteiger charge is -2.28. The third-order valence-corrected chi connectivity index (χ3v) is 3.93. The summed E-state index contributed by atoms with van der Waals surface area (Å²) in [5.41, 5.74) is -4.09. The smallest absolute Gasteiger partial charge is 0.313 e. The minimum atomic E-state index is -4.09. The lowest BCUT2D eigenvalue weighted by molar-refractivity contribution is -0.0327. The molecule has 0 aromatic heterocycles. The molecule has 0 saturated heterocycles. The van der Waals surface area contributed by atoms with Crippen LogP contribution < -0.4 is 5.32 Å². The van der Waals surface area contributed by atoms with Gasteiger partial charge in [-0.2, -0.15) is 13.2 Å². The van der Waals surface area contributed by atoms with E-state index in [0.29, 0.717) is 18.5 Å². The fraction of sp³-hybridized carbons (Fsp3) is 1.00. The zero-order chi connectivity index (χ0) is 12.0. The van der Waals surface area contributed by atoms with Crippen molar-refractivity contribution in [2.75, 3.05) is 12.3 Å². The average molecular weight is 255 g/mol. The van der Waals surface area contributed by atoms with Crippen molar-refractivity contribution < 1.29 is 13.2 Å². The summed E-state index contributed by atoms with van der Waals surface area (Å²) >= 11 is 0.0597. The van der Waals surface area contributed by atoms with Crippen molar-refractivity contribution in [3.05, 3.63) is 0 Å². The maximum absolute atomic E-state index is 11.9. The van der Waals surface area contributed by atoms with Crippen LogP contribution in [0.2, 0.25) is 0 Å². The molecule has 0 aromatic carbocycles. The van der Waals surface area contributed by atoms with Gasteiger partial charge in [0, 0.05) is 18.3 Å². The molecular formula is C11H20F3NS. The Hall–Kier alpha value is 0.100. The summed E-state index contributed by atoms with van der Waals surface area (Å²) in [7, 11) is 0. The Morgan fingerprint density at radius 3 is 2.44 bits per heavy atom. The summed E-state index contributed by atoms with van der Waals surface area (Å²) in [6.45, 7) is 2.54. The predicted molar refractivity (Wildman–Crippen MR) is 62.6 cm³/mol. The van der Waals surface area contributed by atoms with E-state index in [1.807, 2.05) is 0 Å².